The largest absolute Gasteiger partial charge is 0.475 e. The number of nitrogens with zero attached hydrogens (tertiary/aromatic N) is 1. The minimum Gasteiger partial charge on any atom is -0.475 e. The van der Waals surface area contributed by atoms with E-state index < -0.39 is 6.10 Å². The smallest absolute Gasteiger partial charge is 0.218 e. The average Bonchev–Trinajstić information content (AvgIpc) is 2.37. The van der Waals surface area contributed by atoms with Gasteiger partial charge in [0.2, 0.25) is 5.88 Å². The lowest BCUT2D eigenvalue weighted by molar-refractivity contribution is -0.0479. The molecule has 2 N–H and O–H groups in total. The van der Waals surface area contributed by atoms with Crippen molar-refractivity contribution in [3.8, 4) is 5.88 Å². The minimum absolute atomic E-state index is 0.0874. The predicted octanol–water partition coefficient (Wildman–Crippen LogP) is 2.13. The Bertz CT molecular complexity index is 416. The van der Waals surface area contributed by atoms with Crippen LogP contribution in [0.1, 0.15) is 40.2 Å². The Labute approximate surface area is 127 Å². The Kier molecular flexibility index (Phi) is 7.08. The number of aliphatic hydroxyl groups is 1. The summed E-state index contributed by atoms with van der Waals surface area (Å²) in [6.45, 7) is 11.2. The van der Waals surface area contributed by atoms with E-state index in [1.54, 1.807) is 6.20 Å². The summed E-state index contributed by atoms with van der Waals surface area (Å²) in [6.07, 6.45) is 1.27. The second-order valence-electron chi connectivity index (χ2n) is 6.34. The summed E-state index contributed by atoms with van der Waals surface area (Å²) in [4.78, 5) is 4.24. The first-order chi connectivity index (χ1) is 9.78. The molecule has 1 atom stereocenters. The third kappa shape index (κ3) is 7.99. The van der Waals surface area contributed by atoms with Crippen LogP contribution in [0.15, 0.2) is 18.3 Å². The normalized spacial score (nSPS) is 13.5. The molecule has 0 aliphatic heterocycles. The van der Waals surface area contributed by atoms with Gasteiger partial charge < -0.3 is 19.9 Å². The third-order valence-corrected chi connectivity index (χ3v) is 2.60. The van der Waals surface area contributed by atoms with Gasteiger partial charge in [-0.3, -0.25) is 0 Å². The Morgan fingerprint density at radius 1 is 1.33 bits per heavy atom. The lowest BCUT2D eigenvalue weighted by atomic mass is 10.2. The van der Waals surface area contributed by atoms with Gasteiger partial charge in [0.15, 0.2) is 0 Å². The summed E-state index contributed by atoms with van der Waals surface area (Å²) < 4.78 is 11.2. The van der Waals surface area contributed by atoms with E-state index in [1.165, 1.54) is 0 Å². The maximum Gasteiger partial charge on any atom is 0.218 e. The minimum atomic E-state index is -0.532. The average molecular weight is 296 g/mol. The third-order valence-electron chi connectivity index (χ3n) is 2.60. The van der Waals surface area contributed by atoms with Crippen LogP contribution in [-0.4, -0.2) is 41.1 Å². The Morgan fingerprint density at radius 2 is 2.05 bits per heavy atom. The molecule has 21 heavy (non-hydrogen) atoms. The van der Waals surface area contributed by atoms with Crippen LogP contribution in [0.2, 0.25) is 0 Å². The number of hydrogen-bond donors (Lipinski definition) is 2. The topological polar surface area (TPSA) is 63.6 Å². The molecule has 0 spiro atoms. The van der Waals surface area contributed by atoms with Crippen molar-refractivity contribution >= 4 is 0 Å². The number of nitrogens with one attached hydrogen (secondary N) is 1. The van der Waals surface area contributed by atoms with E-state index in [0.717, 1.165) is 5.56 Å². The molecule has 1 heterocycles. The number of ether oxygens (including phenoxy) is 2. The number of hydrogen-bond acceptors (Lipinski definition) is 5. The second-order valence-corrected chi connectivity index (χ2v) is 6.34. The van der Waals surface area contributed by atoms with Gasteiger partial charge in [0.25, 0.3) is 0 Å². The number of rotatable bonds is 8. The van der Waals surface area contributed by atoms with Crippen LogP contribution in [-0.2, 0) is 11.3 Å². The van der Waals surface area contributed by atoms with Gasteiger partial charge in [-0.2, -0.15) is 0 Å². The summed E-state index contributed by atoms with van der Waals surface area (Å²) in [5.41, 5.74) is 0.748. The molecular formula is C16H28N2O3. The van der Waals surface area contributed by atoms with Gasteiger partial charge in [-0.1, -0.05) is 6.07 Å². The molecule has 0 bridgehead atoms. The van der Waals surface area contributed by atoms with Crippen molar-refractivity contribution in [2.75, 3.05) is 13.2 Å². The van der Waals surface area contributed by atoms with Crippen LogP contribution in [0.5, 0.6) is 5.88 Å². The van der Waals surface area contributed by atoms with E-state index in [2.05, 4.69) is 10.3 Å². The lowest BCUT2D eigenvalue weighted by Gasteiger charge is -2.22. The van der Waals surface area contributed by atoms with Crippen molar-refractivity contribution in [2.24, 2.45) is 0 Å². The molecule has 0 amide bonds. The van der Waals surface area contributed by atoms with Gasteiger partial charge in [-0.25, -0.2) is 4.98 Å². The van der Waals surface area contributed by atoms with Crippen molar-refractivity contribution in [1.82, 2.24) is 10.3 Å². The molecule has 120 valence electrons. The van der Waals surface area contributed by atoms with E-state index >= 15 is 0 Å². The van der Waals surface area contributed by atoms with Crippen molar-refractivity contribution in [1.29, 1.82) is 0 Å². The van der Waals surface area contributed by atoms with Gasteiger partial charge in [0, 0.05) is 24.8 Å². The predicted molar refractivity (Wildman–Crippen MR) is 83.4 cm³/mol. The molecule has 1 unspecified atom stereocenters. The van der Waals surface area contributed by atoms with Crippen molar-refractivity contribution < 1.29 is 14.6 Å². The lowest BCUT2D eigenvalue weighted by Crippen LogP contribution is -2.33. The SMILES string of the molecule is CC(C)Oc1ncccc1CNCC(O)COC(C)(C)C. The number of pyridine rings is 1. The van der Waals surface area contributed by atoms with Crippen LogP contribution < -0.4 is 10.1 Å². The maximum absolute atomic E-state index is 9.87. The fourth-order valence-electron chi connectivity index (χ4n) is 1.67. The number of aliphatic hydroxyl groups excluding tert-OH is 1. The first-order valence-corrected chi connectivity index (χ1v) is 7.41. The van der Waals surface area contributed by atoms with Crippen LogP contribution in [0.25, 0.3) is 0 Å². The molecule has 5 heteroatoms. The van der Waals surface area contributed by atoms with Crippen LogP contribution >= 0.6 is 0 Å². The van der Waals surface area contributed by atoms with E-state index in [9.17, 15) is 5.11 Å². The second kappa shape index (κ2) is 8.32. The zero-order chi connectivity index (χ0) is 15.9. The van der Waals surface area contributed by atoms with Gasteiger partial charge in [-0.15, -0.1) is 0 Å². The Morgan fingerprint density at radius 3 is 2.67 bits per heavy atom. The summed E-state index contributed by atoms with van der Waals surface area (Å²) in [5.74, 6) is 0.639. The standard InChI is InChI=1S/C16H28N2O3/c1-12(2)21-15-13(7-6-8-18-15)9-17-10-14(19)11-20-16(3,4)5/h6-8,12,14,17,19H,9-11H2,1-5H3. The molecule has 1 aromatic heterocycles. The highest BCUT2D eigenvalue weighted by Crippen LogP contribution is 2.15. The van der Waals surface area contributed by atoms with E-state index in [1.807, 2.05) is 46.8 Å². The highest BCUT2D eigenvalue weighted by molar-refractivity contribution is 5.25. The number of aromatic nitrogens is 1. The first-order valence-electron chi connectivity index (χ1n) is 7.41. The van der Waals surface area contributed by atoms with E-state index in [4.69, 9.17) is 9.47 Å². The van der Waals surface area contributed by atoms with Gasteiger partial charge in [-0.05, 0) is 40.7 Å². The van der Waals surface area contributed by atoms with Gasteiger partial charge in [0.1, 0.15) is 0 Å². The zero-order valence-electron chi connectivity index (χ0n) is 13.7. The molecule has 0 aliphatic rings. The molecule has 1 aromatic rings. The summed E-state index contributed by atoms with van der Waals surface area (Å²) in [7, 11) is 0. The van der Waals surface area contributed by atoms with E-state index in [0.29, 0.717) is 25.6 Å². The van der Waals surface area contributed by atoms with Crippen molar-refractivity contribution in [3.63, 3.8) is 0 Å². The fourth-order valence-corrected chi connectivity index (χ4v) is 1.67. The van der Waals surface area contributed by atoms with Gasteiger partial charge in [0.05, 0.1) is 24.4 Å². The molecule has 1 rings (SSSR count). The van der Waals surface area contributed by atoms with Crippen molar-refractivity contribution in [2.45, 2.75) is 59.0 Å². The van der Waals surface area contributed by atoms with Gasteiger partial charge >= 0.3 is 0 Å². The fraction of sp³-hybridized carbons (Fsp3) is 0.688. The summed E-state index contributed by atoms with van der Waals surface area (Å²) in [6, 6.07) is 3.85. The highest BCUT2D eigenvalue weighted by Gasteiger charge is 2.13. The first kappa shape index (κ1) is 17.9. The van der Waals surface area contributed by atoms with Crippen LogP contribution in [0, 0.1) is 0 Å². The van der Waals surface area contributed by atoms with Crippen LogP contribution in [0.4, 0.5) is 0 Å². The molecule has 5 nitrogen and oxygen atoms in total. The Hall–Kier alpha value is -1.17. The molecule has 0 radical (unpaired) electrons. The molecular weight excluding hydrogens is 268 g/mol. The maximum atomic E-state index is 9.87. The summed E-state index contributed by atoms with van der Waals surface area (Å²) >= 11 is 0. The molecule has 0 saturated heterocycles. The van der Waals surface area contributed by atoms with E-state index in [-0.39, 0.29) is 11.7 Å². The molecule has 0 aliphatic carbocycles. The molecule has 0 fully saturated rings. The Balaban J connectivity index is 2.38. The monoisotopic (exact) mass is 296 g/mol. The molecule has 0 aromatic carbocycles. The van der Waals surface area contributed by atoms with Crippen LogP contribution in [0.3, 0.4) is 0 Å². The zero-order valence-corrected chi connectivity index (χ0v) is 13.7. The highest BCUT2D eigenvalue weighted by atomic mass is 16.5. The quantitative estimate of drug-likeness (QED) is 0.769. The summed E-state index contributed by atoms with van der Waals surface area (Å²) in [5, 5.41) is 13.1. The van der Waals surface area contributed by atoms with Crippen molar-refractivity contribution in [3.05, 3.63) is 23.9 Å². The molecule has 0 saturated carbocycles.